The summed E-state index contributed by atoms with van der Waals surface area (Å²) >= 11 is 0. The highest BCUT2D eigenvalue weighted by Gasteiger charge is 2.53. The summed E-state index contributed by atoms with van der Waals surface area (Å²) < 4.78 is 21.3. The van der Waals surface area contributed by atoms with Gasteiger partial charge in [-0.15, -0.1) is 0 Å². The highest BCUT2D eigenvalue weighted by molar-refractivity contribution is 5.92. The zero-order chi connectivity index (χ0) is 22.2. The number of amides is 2. The Hall–Kier alpha value is -2.26. The van der Waals surface area contributed by atoms with Crippen LogP contribution in [0.25, 0.3) is 0 Å². The largest absolute Gasteiger partial charge is 0.377 e. The summed E-state index contributed by atoms with van der Waals surface area (Å²) in [6, 6.07) is 3.26. The third-order valence-corrected chi connectivity index (χ3v) is 7.77. The molecule has 6 unspecified atom stereocenters. The van der Waals surface area contributed by atoms with Crippen molar-refractivity contribution in [3.8, 4) is 0 Å². The van der Waals surface area contributed by atoms with Gasteiger partial charge in [0.15, 0.2) is 0 Å². The van der Waals surface area contributed by atoms with Crippen LogP contribution in [0.15, 0.2) is 18.3 Å². The highest BCUT2D eigenvalue weighted by Crippen LogP contribution is 2.42. The van der Waals surface area contributed by atoms with Crippen molar-refractivity contribution in [3.05, 3.63) is 24.0 Å². The van der Waals surface area contributed by atoms with Crippen LogP contribution in [0, 0.1) is 17.8 Å². The Kier molecular flexibility index (Phi) is 6.03. The first-order valence-corrected chi connectivity index (χ1v) is 11.8. The molecule has 174 valence electrons. The molecule has 1 aromatic heterocycles. The molecular weight excluding hydrogens is 413 g/mol. The number of piperidine rings is 1. The summed E-state index contributed by atoms with van der Waals surface area (Å²) in [5, 5.41) is 5.57. The van der Waals surface area contributed by atoms with Crippen LogP contribution < -0.4 is 15.5 Å². The third kappa shape index (κ3) is 3.96. The SMILES string of the molecule is CNC(=O)c1ccc(N2CCN(CC3CCC4C(NC(=O)C5CCOC54)C3F)CC2)cn1. The topological polar surface area (TPSA) is 86.8 Å². The molecule has 4 fully saturated rings. The van der Waals surface area contributed by atoms with E-state index < -0.39 is 12.2 Å². The van der Waals surface area contributed by atoms with E-state index in [4.69, 9.17) is 4.74 Å². The molecule has 4 heterocycles. The normalized spacial score (nSPS) is 35.1. The summed E-state index contributed by atoms with van der Waals surface area (Å²) in [5.74, 6) is -0.265. The number of ether oxygens (including phenoxy) is 1. The van der Waals surface area contributed by atoms with Gasteiger partial charge < -0.3 is 20.3 Å². The number of carbonyl (C=O) groups excluding carboxylic acids is 2. The summed E-state index contributed by atoms with van der Waals surface area (Å²) in [5.41, 5.74) is 1.40. The Morgan fingerprint density at radius 2 is 2.06 bits per heavy atom. The quantitative estimate of drug-likeness (QED) is 0.714. The predicted octanol–water partition coefficient (Wildman–Crippen LogP) is 0.831. The first-order chi connectivity index (χ1) is 15.5. The van der Waals surface area contributed by atoms with E-state index in [0.717, 1.165) is 57.7 Å². The second-order valence-electron chi connectivity index (χ2n) is 9.48. The average Bonchev–Trinajstić information content (AvgIpc) is 3.32. The lowest BCUT2D eigenvalue weighted by molar-refractivity contribution is -0.139. The molecule has 0 radical (unpaired) electrons. The molecule has 3 aliphatic heterocycles. The summed E-state index contributed by atoms with van der Waals surface area (Å²) in [4.78, 5) is 32.9. The maximum absolute atomic E-state index is 15.5. The van der Waals surface area contributed by atoms with E-state index in [1.165, 1.54) is 0 Å². The number of fused-ring (bicyclic) bond motifs is 3. The molecule has 1 aliphatic carbocycles. The van der Waals surface area contributed by atoms with Gasteiger partial charge in [-0.2, -0.15) is 0 Å². The monoisotopic (exact) mass is 445 g/mol. The van der Waals surface area contributed by atoms with E-state index in [1.807, 2.05) is 6.07 Å². The molecule has 9 heteroatoms. The number of halogens is 1. The number of aromatic nitrogens is 1. The minimum absolute atomic E-state index is 0.0262. The first-order valence-electron chi connectivity index (χ1n) is 11.8. The van der Waals surface area contributed by atoms with Gasteiger partial charge in [-0.25, -0.2) is 9.37 Å². The number of anilines is 1. The lowest BCUT2D eigenvalue weighted by atomic mass is 9.69. The number of carbonyl (C=O) groups is 2. The Labute approximate surface area is 187 Å². The third-order valence-electron chi connectivity index (χ3n) is 7.77. The fraction of sp³-hybridized carbons (Fsp3) is 0.696. The van der Waals surface area contributed by atoms with E-state index >= 15 is 4.39 Å². The molecule has 6 atom stereocenters. The van der Waals surface area contributed by atoms with Crippen LogP contribution in [0.2, 0.25) is 0 Å². The van der Waals surface area contributed by atoms with Gasteiger partial charge in [-0.05, 0) is 31.4 Å². The zero-order valence-electron chi connectivity index (χ0n) is 18.5. The summed E-state index contributed by atoms with van der Waals surface area (Å²) in [7, 11) is 1.59. The Bertz CT molecular complexity index is 845. The molecular formula is C23H32FN5O3. The number of rotatable bonds is 4. The molecule has 32 heavy (non-hydrogen) atoms. The van der Waals surface area contributed by atoms with Gasteiger partial charge >= 0.3 is 0 Å². The van der Waals surface area contributed by atoms with Crippen molar-refractivity contribution < 1.29 is 18.7 Å². The lowest BCUT2D eigenvalue weighted by Gasteiger charge is -2.47. The van der Waals surface area contributed by atoms with E-state index in [-0.39, 0.29) is 35.7 Å². The van der Waals surface area contributed by atoms with Crippen LogP contribution in [0.1, 0.15) is 29.8 Å². The maximum Gasteiger partial charge on any atom is 0.269 e. The second-order valence-corrected chi connectivity index (χ2v) is 9.48. The molecule has 1 saturated carbocycles. The van der Waals surface area contributed by atoms with Gasteiger partial charge in [-0.1, -0.05) is 0 Å². The van der Waals surface area contributed by atoms with Gasteiger partial charge in [0.25, 0.3) is 5.91 Å². The molecule has 4 aliphatic rings. The van der Waals surface area contributed by atoms with Crippen molar-refractivity contribution in [1.29, 1.82) is 0 Å². The smallest absolute Gasteiger partial charge is 0.269 e. The van der Waals surface area contributed by atoms with Crippen LogP contribution in [-0.2, 0) is 9.53 Å². The number of nitrogens with one attached hydrogen (secondary N) is 2. The number of pyridine rings is 1. The fourth-order valence-corrected chi connectivity index (χ4v) is 5.96. The van der Waals surface area contributed by atoms with Crippen LogP contribution >= 0.6 is 0 Å². The van der Waals surface area contributed by atoms with E-state index in [2.05, 4.69) is 25.4 Å². The average molecular weight is 446 g/mol. The molecule has 5 rings (SSSR count). The van der Waals surface area contributed by atoms with Crippen LogP contribution in [0.3, 0.4) is 0 Å². The molecule has 0 aromatic carbocycles. The van der Waals surface area contributed by atoms with E-state index in [0.29, 0.717) is 12.3 Å². The van der Waals surface area contributed by atoms with Crippen molar-refractivity contribution >= 4 is 17.5 Å². The number of nitrogens with zero attached hydrogens (tertiary/aromatic N) is 3. The van der Waals surface area contributed by atoms with Crippen LogP contribution in [0.4, 0.5) is 10.1 Å². The highest BCUT2D eigenvalue weighted by atomic mass is 19.1. The van der Waals surface area contributed by atoms with E-state index in [9.17, 15) is 9.59 Å². The fourth-order valence-electron chi connectivity index (χ4n) is 5.96. The zero-order valence-corrected chi connectivity index (χ0v) is 18.5. The van der Waals surface area contributed by atoms with Crippen molar-refractivity contribution in [1.82, 2.24) is 20.5 Å². The molecule has 0 spiro atoms. The van der Waals surface area contributed by atoms with Crippen LogP contribution in [-0.4, -0.2) is 86.4 Å². The molecule has 3 saturated heterocycles. The van der Waals surface area contributed by atoms with Crippen molar-refractivity contribution in [2.75, 3.05) is 51.3 Å². The maximum atomic E-state index is 15.5. The Morgan fingerprint density at radius 1 is 1.25 bits per heavy atom. The number of piperazine rings is 1. The molecule has 2 N–H and O–H groups in total. The Balaban J connectivity index is 1.15. The van der Waals surface area contributed by atoms with Crippen LogP contribution in [0.5, 0.6) is 0 Å². The molecule has 2 amide bonds. The molecule has 1 aromatic rings. The molecule has 0 bridgehead atoms. The van der Waals surface area contributed by atoms with Crippen molar-refractivity contribution in [2.45, 2.75) is 37.6 Å². The van der Waals surface area contributed by atoms with E-state index in [1.54, 1.807) is 19.3 Å². The van der Waals surface area contributed by atoms with Crippen molar-refractivity contribution in [3.63, 3.8) is 0 Å². The number of hydrogen-bond acceptors (Lipinski definition) is 6. The van der Waals surface area contributed by atoms with Gasteiger partial charge in [-0.3, -0.25) is 14.5 Å². The summed E-state index contributed by atoms with van der Waals surface area (Å²) in [6.07, 6.45) is 3.14. The minimum Gasteiger partial charge on any atom is -0.377 e. The standard InChI is InChI=1S/C23H32FN5O3/c1-25-23(31)18-5-3-15(12-26-18)29-9-7-28(8-10-29)13-14-2-4-16-20(19(14)24)27-22(30)17-6-11-32-21(16)17/h3,5,12,14,16-17,19-21H,2,4,6-11,13H2,1H3,(H,25,31)(H,27,30). The number of hydrogen-bond donors (Lipinski definition) is 2. The van der Waals surface area contributed by atoms with Gasteiger partial charge in [0.2, 0.25) is 5.91 Å². The molecule has 8 nitrogen and oxygen atoms in total. The second kappa shape index (κ2) is 8.94. The number of alkyl halides is 1. The van der Waals surface area contributed by atoms with Gasteiger partial charge in [0, 0.05) is 58.2 Å². The van der Waals surface area contributed by atoms with Gasteiger partial charge in [0.1, 0.15) is 11.9 Å². The lowest BCUT2D eigenvalue weighted by Crippen LogP contribution is -2.63. The predicted molar refractivity (Wildman–Crippen MR) is 117 cm³/mol. The Morgan fingerprint density at radius 3 is 2.78 bits per heavy atom. The first kappa shape index (κ1) is 21.6. The minimum atomic E-state index is -1.03. The van der Waals surface area contributed by atoms with Crippen molar-refractivity contribution in [2.24, 2.45) is 17.8 Å². The van der Waals surface area contributed by atoms with Gasteiger partial charge in [0.05, 0.1) is 29.9 Å². The summed E-state index contributed by atoms with van der Waals surface area (Å²) in [6.45, 7) is 4.72.